The molecule has 0 bridgehead atoms. The second-order valence-corrected chi connectivity index (χ2v) is 5.87. The summed E-state index contributed by atoms with van der Waals surface area (Å²) in [5.41, 5.74) is -0.0494. The third kappa shape index (κ3) is 3.98. The highest BCUT2D eigenvalue weighted by molar-refractivity contribution is 8.00. The van der Waals surface area contributed by atoms with Crippen molar-refractivity contribution in [3.63, 3.8) is 0 Å². The molecule has 0 aromatic carbocycles. The van der Waals surface area contributed by atoms with E-state index in [9.17, 15) is 10.1 Å². The van der Waals surface area contributed by atoms with Gasteiger partial charge in [-0.1, -0.05) is 25.4 Å². The Morgan fingerprint density at radius 3 is 2.58 bits per heavy atom. The maximum Gasteiger partial charge on any atom is 0.311 e. The zero-order valence-corrected chi connectivity index (χ0v) is 12.8. The van der Waals surface area contributed by atoms with Crippen LogP contribution in [0.4, 0.5) is 11.5 Å². The Labute approximate surface area is 122 Å². The largest absolute Gasteiger partial charge is 0.363 e. The van der Waals surface area contributed by atoms with E-state index in [4.69, 9.17) is 11.6 Å². The van der Waals surface area contributed by atoms with Gasteiger partial charge in [-0.2, -0.15) is 11.8 Å². The van der Waals surface area contributed by atoms with Crippen LogP contribution in [0, 0.1) is 10.1 Å². The van der Waals surface area contributed by atoms with Gasteiger partial charge in [-0.25, -0.2) is 4.98 Å². The van der Waals surface area contributed by atoms with Crippen molar-refractivity contribution in [2.75, 3.05) is 18.1 Å². The Kier molecular flexibility index (Phi) is 5.87. The molecule has 0 spiro atoms. The summed E-state index contributed by atoms with van der Waals surface area (Å²) < 4.78 is 0.0534. The highest BCUT2D eigenvalue weighted by Gasteiger charge is 2.26. The van der Waals surface area contributed by atoms with Gasteiger partial charge in [0.15, 0.2) is 0 Å². The van der Waals surface area contributed by atoms with Crippen molar-refractivity contribution in [2.45, 2.75) is 31.4 Å². The molecule has 1 N–H and O–H groups in total. The average molecular weight is 304 g/mol. The second kappa shape index (κ2) is 6.96. The van der Waals surface area contributed by atoms with Crippen LogP contribution in [0.1, 0.15) is 26.7 Å². The van der Waals surface area contributed by atoms with E-state index in [1.807, 2.05) is 0 Å². The van der Waals surface area contributed by atoms with E-state index in [1.165, 1.54) is 12.1 Å². The molecule has 0 atom stereocenters. The summed E-state index contributed by atoms with van der Waals surface area (Å²) in [6.07, 6.45) is 4.01. The van der Waals surface area contributed by atoms with Gasteiger partial charge in [0.2, 0.25) is 5.82 Å². The molecule has 0 saturated heterocycles. The first kappa shape index (κ1) is 16.0. The van der Waals surface area contributed by atoms with Crippen LogP contribution in [0.25, 0.3) is 0 Å². The number of thioether (sulfide) groups is 1. The number of halogens is 1. The molecular formula is C12H18ClN3O2S. The molecule has 0 amide bonds. The Hall–Kier alpha value is -1.01. The number of pyridine rings is 1. The number of hydrogen-bond acceptors (Lipinski definition) is 5. The fourth-order valence-corrected chi connectivity index (χ4v) is 2.75. The minimum absolute atomic E-state index is 0.0494. The molecule has 0 fully saturated rings. The minimum atomic E-state index is -0.454. The van der Waals surface area contributed by atoms with E-state index < -0.39 is 4.92 Å². The van der Waals surface area contributed by atoms with Crippen LogP contribution in [0.15, 0.2) is 12.1 Å². The van der Waals surface area contributed by atoms with Crippen molar-refractivity contribution in [2.24, 2.45) is 0 Å². The fraction of sp³-hybridized carbons (Fsp3) is 0.583. The molecular weight excluding hydrogens is 286 g/mol. The van der Waals surface area contributed by atoms with Crippen LogP contribution in [0.3, 0.4) is 0 Å². The van der Waals surface area contributed by atoms with Crippen molar-refractivity contribution >= 4 is 34.9 Å². The number of anilines is 1. The van der Waals surface area contributed by atoms with E-state index in [1.54, 1.807) is 11.8 Å². The Balaban J connectivity index is 2.93. The number of rotatable bonds is 7. The van der Waals surface area contributed by atoms with Crippen molar-refractivity contribution in [1.29, 1.82) is 0 Å². The Morgan fingerprint density at radius 1 is 1.47 bits per heavy atom. The minimum Gasteiger partial charge on any atom is -0.363 e. The first-order valence-electron chi connectivity index (χ1n) is 6.08. The van der Waals surface area contributed by atoms with Crippen LogP contribution in [-0.4, -0.2) is 27.5 Å². The summed E-state index contributed by atoms with van der Waals surface area (Å²) in [5, 5.41) is 14.3. The summed E-state index contributed by atoms with van der Waals surface area (Å²) in [4.78, 5) is 14.5. The van der Waals surface area contributed by atoms with Gasteiger partial charge in [-0.15, -0.1) is 0 Å². The lowest BCUT2D eigenvalue weighted by molar-refractivity contribution is -0.384. The van der Waals surface area contributed by atoms with Gasteiger partial charge in [-0.05, 0) is 25.2 Å². The maximum atomic E-state index is 10.9. The second-order valence-electron chi connectivity index (χ2n) is 4.21. The summed E-state index contributed by atoms with van der Waals surface area (Å²) in [7, 11) is 0. The highest BCUT2D eigenvalue weighted by atomic mass is 35.5. The normalized spacial score (nSPS) is 11.4. The molecule has 0 aliphatic heterocycles. The van der Waals surface area contributed by atoms with Crippen LogP contribution in [0.5, 0.6) is 0 Å². The van der Waals surface area contributed by atoms with Gasteiger partial charge in [0, 0.05) is 17.4 Å². The number of nitro groups is 1. The molecule has 1 rings (SSSR count). The number of nitrogens with zero attached hydrogens (tertiary/aromatic N) is 2. The van der Waals surface area contributed by atoms with Crippen molar-refractivity contribution < 1.29 is 4.92 Å². The van der Waals surface area contributed by atoms with Gasteiger partial charge < -0.3 is 5.32 Å². The van der Waals surface area contributed by atoms with Gasteiger partial charge in [-0.3, -0.25) is 10.1 Å². The van der Waals surface area contributed by atoms with Crippen LogP contribution >= 0.6 is 23.4 Å². The lowest BCUT2D eigenvalue weighted by Gasteiger charge is -2.29. The van der Waals surface area contributed by atoms with Crippen LogP contribution in [-0.2, 0) is 0 Å². The molecule has 19 heavy (non-hydrogen) atoms. The molecule has 0 unspecified atom stereocenters. The summed E-state index contributed by atoms with van der Waals surface area (Å²) in [6, 6.07) is 2.79. The van der Waals surface area contributed by atoms with E-state index in [2.05, 4.69) is 30.4 Å². The predicted molar refractivity (Wildman–Crippen MR) is 81.2 cm³/mol. The highest BCUT2D eigenvalue weighted by Crippen LogP contribution is 2.32. The van der Waals surface area contributed by atoms with E-state index in [0.29, 0.717) is 6.54 Å². The zero-order valence-electron chi connectivity index (χ0n) is 11.3. The predicted octanol–water partition coefficient (Wildman–Crippen LogP) is 3.98. The lowest BCUT2D eigenvalue weighted by Crippen LogP contribution is -2.32. The molecule has 0 aliphatic rings. The summed E-state index contributed by atoms with van der Waals surface area (Å²) in [6.45, 7) is 4.85. The first-order valence-corrected chi connectivity index (χ1v) is 7.68. The monoisotopic (exact) mass is 303 g/mol. The Bertz CT molecular complexity index is 444. The fourth-order valence-electron chi connectivity index (χ4n) is 1.81. The smallest absolute Gasteiger partial charge is 0.311 e. The molecule has 1 aromatic rings. The average Bonchev–Trinajstić information content (AvgIpc) is 2.40. The van der Waals surface area contributed by atoms with Crippen molar-refractivity contribution in [1.82, 2.24) is 4.98 Å². The molecule has 7 heteroatoms. The van der Waals surface area contributed by atoms with Crippen molar-refractivity contribution in [3.8, 4) is 0 Å². The maximum absolute atomic E-state index is 10.9. The molecule has 5 nitrogen and oxygen atoms in total. The molecule has 1 aromatic heterocycles. The third-order valence-electron chi connectivity index (χ3n) is 3.34. The van der Waals surface area contributed by atoms with Crippen LogP contribution in [0.2, 0.25) is 5.15 Å². The quantitative estimate of drug-likeness (QED) is 0.469. The van der Waals surface area contributed by atoms with Gasteiger partial charge in [0.25, 0.3) is 0 Å². The Morgan fingerprint density at radius 2 is 2.11 bits per heavy atom. The van der Waals surface area contributed by atoms with E-state index in [0.717, 1.165) is 12.8 Å². The lowest BCUT2D eigenvalue weighted by atomic mass is 10.0. The topological polar surface area (TPSA) is 68.1 Å². The summed E-state index contributed by atoms with van der Waals surface area (Å²) >= 11 is 7.56. The van der Waals surface area contributed by atoms with Gasteiger partial charge in [0.05, 0.1) is 4.92 Å². The first-order chi connectivity index (χ1) is 8.98. The SMILES string of the molecule is CCC(CC)(CNc1nc(Cl)ccc1[N+](=O)[O-])SC. The van der Waals surface area contributed by atoms with Gasteiger partial charge in [0.1, 0.15) is 5.15 Å². The van der Waals surface area contributed by atoms with E-state index >= 15 is 0 Å². The van der Waals surface area contributed by atoms with Crippen LogP contribution < -0.4 is 5.32 Å². The van der Waals surface area contributed by atoms with E-state index in [-0.39, 0.29) is 21.4 Å². The molecule has 0 aliphatic carbocycles. The van der Waals surface area contributed by atoms with Crippen molar-refractivity contribution in [3.05, 3.63) is 27.4 Å². The third-order valence-corrected chi connectivity index (χ3v) is 5.13. The number of nitrogens with one attached hydrogen (secondary N) is 1. The summed E-state index contributed by atoms with van der Waals surface area (Å²) in [5.74, 6) is 0.234. The number of hydrogen-bond donors (Lipinski definition) is 1. The molecule has 0 saturated carbocycles. The standard InChI is InChI=1S/C12H18ClN3O2S/c1-4-12(5-2,19-3)8-14-11-9(16(17)18)6-7-10(13)15-11/h6-7H,4-5,8H2,1-3H3,(H,14,15). The molecule has 1 heterocycles. The number of aromatic nitrogens is 1. The molecule has 106 valence electrons. The molecule has 0 radical (unpaired) electrons. The van der Waals surface area contributed by atoms with Gasteiger partial charge >= 0.3 is 5.69 Å². The zero-order chi connectivity index (χ0) is 14.5.